The van der Waals surface area contributed by atoms with E-state index in [0.717, 1.165) is 19.3 Å². The van der Waals surface area contributed by atoms with Gasteiger partial charge in [-0.1, -0.05) is 90.4 Å². The van der Waals surface area contributed by atoms with Crippen LogP contribution in [0.2, 0.25) is 0 Å². The molecular formula is C30H60O7P+. The van der Waals surface area contributed by atoms with Crippen LogP contribution in [0, 0.1) is 5.92 Å². The molecule has 8 heteroatoms. The first-order valence-corrected chi connectivity index (χ1v) is 17.0. The van der Waals surface area contributed by atoms with Crippen molar-refractivity contribution in [1.29, 1.82) is 0 Å². The molecule has 0 saturated carbocycles. The van der Waals surface area contributed by atoms with E-state index < -0.39 is 19.6 Å². The maximum absolute atomic E-state index is 10.6. The smallest absolute Gasteiger partial charge is 0.303 e. The lowest BCUT2D eigenvalue weighted by molar-refractivity contribution is -0.137. The van der Waals surface area contributed by atoms with E-state index in [9.17, 15) is 9.69 Å². The van der Waals surface area contributed by atoms with Gasteiger partial charge >= 0.3 is 5.97 Å². The predicted octanol–water partition coefficient (Wildman–Crippen LogP) is 8.35. The third-order valence-electron chi connectivity index (χ3n) is 6.39. The topological polar surface area (TPSA) is 94.5 Å². The lowest BCUT2D eigenvalue weighted by Gasteiger charge is -2.24. The Morgan fingerprint density at radius 1 is 0.763 bits per heavy atom. The third kappa shape index (κ3) is 28.4. The van der Waals surface area contributed by atoms with Gasteiger partial charge in [0.1, 0.15) is 12.5 Å². The first-order valence-electron chi connectivity index (χ1n) is 15.2. The number of carboxylic acids is 1. The average molecular weight is 564 g/mol. The Morgan fingerprint density at radius 2 is 1.21 bits per heavy atom. The quantitative estimate of drug-likeness (QED) is 0.0515. The van der Waals surface area contributed by atoms with Crippen LogP contribution in [0.4, 0.5) is 0 Å². The number of aliphatic carboxylic acids is 1. The maximum atomic E-state index is 10.6. The van der Waals surface area contributed by atoms with Gasteiger partial charge in [0.2, 0.25) is 7.57 Å². The molecule has 0 rings (SSSR count). The highest BCUT2D eigenvalue weighted by Gasteiger charge is 2.21. The van der Waals surface area contributed by atoms with Gasteiger partial charge in [-0.15, -0.1) is 0 Å². The molecule has 0 aromatic rings. The minimum absolute atomic E-state index is 0.136. The van der Waals surface area contributed by atoms with Crippen molar-refractivity contribution in [1.82, 2.24) is 0 Å². The van der Waals surface area contributed by atoms with Gasteiger partial charge in [-0.3, -0.25) is 4.79 Å². The number of rotatable bonds is 30. The molecule has 0 saturated heterocycles. The van der Waals surface area contributed by atoms with Crippen molar-refractivity contribution in [3.8, 4) is 0 Å². The molecule has 0 fully saturated rings. The molecule has 0 heterocycles. The summed E-state index contributed by atoms with van der Waals surface area (Å²) >= 11 is 0. The summed E-state index contributed by atoms with van der Waals surface area (Å²) in [6.07, 6.45) is 23.9. The Labute approximate surface area is 234 Å². The van der Waals surface area contributed by atoms with Crippen LogP contribution >= 0.6 is 7.57 Å². The molecule has 7 nitrogen and oxygen atoms in total. The van der Waals surface area contributed by atoms with Crippen molar-refractivity contribution < 1.29 is 33.3 Å². The molecule has 2 unspecified atom stereocenters. The van der Waals surface area contributed by atoms with Crippen molar-refractivity contribution >= 4 is 19.8 Å². The summed E-state index contributed by atoms with van der Waals surface area (Å²) in [5.41, 5.74) is 0. The fourth-order valence-corrected chi connectivity index (χ4v) is 5.10. The van der Waals surface area contributed by atoms with E-state index in [1.165, 1.54) is 83.0 Å². The molecule has 0 aliphatic heterocycles. The summed E-state index contributed by atoms with van der Waals surface area (Å²) in [6.45, 7) is 8.27. The van der Waals surface area contributed by atoms with Crippen molar-refractivity contribution in [2.75, 3.05) is 33.0 Å². The molecule has 2 atom stereocenters. The molecule has 0 amide bonds. The number of ether oxygens (including phenoxy) is 2. The monoisotopic (exact) mass is 563 g/mol. The van der Waals surface area contributed by atoms with Gasteiger partial charge in [-0.05, 0) is 25.6 Å². The first kappa shape index (κ1) is 37.4. The van der Waals surface area contributed by atoms with E-state index in [1.54, 1.807) is 0 Å². The van der Waals surface area contributed by atoms with Gasteiger partial charge in [0, 0.05) is 19.6 Å². The highest BCUT2D eigenvalue weighted by atomic mass is 31.2. The van der Waals surface area contributed by atoms with Crippen LogP contribution in [0.3, 0.4) is 0 Å². The Balaban J connectivity index is 3.98. The van der Waals surface area contributed by atoms with Crippen LogP contribution in [-0.2, 0) is 23.3 Å². The Kier molecular flexibility index (Phi) is 26.3. The highest BCUT2D eigenvalue weighted by Crippen LogP contribution is 2.44. The molecule has 0 bridgehead atoms. The summed E-state index contributed by atoms with van der Waals surface area (Å²) in [6, 6.07) is 0. The molecular weight excluding hydrogens is 503 g/mol. The number of carboxylic acid groups (broad SMARTS) is 1. The molecule has 0 spiro atoms. The zero-order valence-electron chi connectivity index (χ0n) is 24.9. The van der Waals surface area contributed by atoms with E-state index >= 15 is 0 Å². The first-order chi connectivity index (χ1) is 18.3. The summed E-state index contributed by atoms with van der Waals surface area (Å²) in [5, 5.41) is 8.74. The third-order valence-corrected chi connectivity index (χ3v) is 7.60. The standard InChI is InChI=1S/C30H59O7P/c1-5-6-7-8-9-10-11-12-13-14-15-16-17-19-23-34-26-29(27-35-24-20-18-21-30(31)32)37-38(4,33)36-25-22-28(2)3/h29H,4-27H2,1-3H3,(H-,31,32,33)/p+1. The molecule has 0 aromatic heterocycles. The lowest BCUT2D eigenvalue weighted by atomic mass is 10.0. The van der Waals surface area contributed by atoms with Gasteiger partial charge in [0.05, 0.1) is 39.6 Å². The number of carbonyl (C=O) groups is 1. The number of hydrogen-bond donors (Lipinski definition) is 2. The van der Waals surface area contributed by atoms with Crippen molar-refractivity contribution in [2.24, 2.45) is 0 Å². The maximum Gasteiger partial charge on any atom is 0.303 e. The summed E-state index contributed by atoms with van der Waals surface area (Å²) < 4.78 is 22.8. The molecule has 0 radical (unpaired) electrons. The number of unbranched alkanes of at least 4 members (excludes halogenated alkanes) is 14. The zero-order valence-corrected chi connectivity index (χ0v) is 25.8. The molecule has 0 aliphatic carbocycles. The fraction of sp³-hybridized carbons (Fsp3) is 0.900. The van der Waals surface area contributed by atoms with E-state index in [-0.39, 0.29) is 13.0 Å². The van der Waals surface area contributed by atoms with Crippen LogP contribution in [0.5, 0.6) is 0 Å². The van der Waals surface area contributed by atoms with Crippen LogP contribution < -0.4 is 0 Å². The minimum Gasteiger partial charge on any atom is -0.481 e. The van der Waals surface area contributed by atoms with Crippen molar-refractivity contribution in [3.05, 3.63) is 5.92 Å². The average Bonchev–Trinajstić information content (AvgIpc) is 2.84. The largest absolute Gasteiger partial charge is 0.481 e. The van der Waals surface area contributed by atoms with Gasteiger partial charge in [0.25, 0.3) is 0 Å². The fourth-order valence-electron chi connectivity index (χ4n) is 4.07. The molecule has 226 valence electrons. The second-order valence-electron chi connectivity index (χ2n) is 10.8. The van der Waals surface area contributed by atoms with Crippen molar-refractivity contribution in [2.45, 2.75) is 142 Å². The van der Waals surface area contributed by atoms with E-state index in [1.807, 2.05) is 13.8 Å². The van der Waals surface area contributed by atoms with Crippen LogP contribution in [0.15, 0.2) is 0 Å². The Hall–Kier alpha value is -0.560. The SMILES string of the molecule is C=P(O)(OCC[C+](C)C)OC(COCCCCCCCCCCCCCCCC)COCCCCC(=O)O. The van der Waals surface area contributed by atoms with Crippen molar-refractivity contribution in [3.63, 3.8) is 0 Å². The molecule has 0 aromatic carbocycles. The van der Waals surface area contributed by atoms with E-state index in [4.69, 9.17) is 23.6 Å². The van der Waals surface area contributed by atoms with Crippen LogP contribution in [0.1, 0.15) is 136 Å². The van der Waals surface area contributed by atoms with Gasteiger partial charge < -0.3 is 28.5 Å². The number of hydrogen-bond acceptors (Lipinski definition) is 6. The Morgan fingerprint density at radius 3 is 1.66 bits per heavy atom. The predicted molar refractivity (Wildman–Crippen MR) is 160 cm³/mol. The van der Waals surface area contributed by atoms with Crippen LogP contribution in [0.25, 0.3) is 0 Å². The lowest BCUT2D eigenvalue weighted by Crippen LogP contribution is -2.26. The van der Waals surface area contributed by atoms with E-state index in [2.05, 4.69) is 13.2 Å². The second-order valence-corrected chi connectivity index (χ2v) is 12.5. The molecule has 2 N–H and O–H groups in total. The normalized spacial score (nSPS) is 13.9. The zero-order chi connectivity index (χ0) is 28.3. The highest BCUT2D eigenvalue weighted by molar-refractivity contribution is 7.58. The van der Waals surface area contributed by atoms with Gasteiger partial charge in [-0.25, -0.2) is 0 Å². The van der Waals surface area contributed by atoms with E-state index in [0.29, 0.717) is 39.3 Å². The Bertz CT molecular complexity index is 571. The second kappa shape index (κ2) is 26.7. The molecule has 38 heavy (non-hydrogen) atoms. The van der Waals surface area contributed by atoms with Crippen LogP contribution in [-0.4, -0.2) is 61.4 Å². The molecule has 0 aliphatic rings. The summed E-state index contributed by atoms with van der Waals surface area (Å²) in [7, 11) is -3.22. The summed E-state index contributed by atoms with van der Waals surface area (Å²) in [5.74, 6) is 0.412. The summed E-state index contributed by atoms with van der Waals surface area (Å²) in [4.78, 5) is 21.1. The van der Waals surface area contributed by atoms with Gasteiger partial charge in [-0.2, -0.15) is 0 Å². The minimum atomic E-state index is -3.22. The van der Waals surface area contributed by atoms with Gasteiger partial charge in [0.15, 0.2) is 0 Å².